The van der Waals surface area contributed by atoms with Gasteiger partial charge in [0.05, 0.1) is 29.6 Å². The molecule has 3 aromatic rings. The molecule has 1 unspecified atom stereocenters. The van der Waals surface area contributed by atoms with Gasteiger partial charge in [0.15, 0.2) is 5.65 Å². The Morgan fingerprint density at radius 3 is 2.67 bits per heavy atom. The first-order valence-electron chi connectivity index (χ1n) is 11.1. The number of ether oxygens (including phenoxy) is 1. The van der Waals surface area contributed by atoms with Gasteiger partial charge in [-0.2, -0.15) is 0 Å². The van der Waals surface area contributed by atoms with Gasteiger partial charge >= 0.3 is 0 Å². The molecule has 1 aromatic carbocycles. The summed E-state index contributed by atoms with van der Waals surface area (Å²) in [5.74, 6) is 4.82. The Kier molecular flexibility index (Phi) is 8.33. The molecule has 2 aliphatic rings. The number of benzene rings is 1. The van der Waals surface area contributed by atoms with Gasteiger partial charge < -0.3 is 20.8 Å². The minimum Gasteiger partial charge on any atom is -0.496 e. The number of halogens is 1. The Bertz CT molecular complexity index is 1110. The van der Waals surface area contributed by atoms with Crippen molar-refractivity contribution in [2.45, 2.75) is 32.6 Å². The molecule has 0 spiro atoms. The van der Waals surface area contributed by atoms with Crippen LogP contribution in [0.5, 0.6) is 5.75 Å². The maximum atomic E-state index is 9.06. The number of allylic oxidation sites excluding steroid dienone is 1. The van der Waals surface area contributed by atoms with Gasteiger partial charge in [-0.25, -0.2) is 9.97 Å². The number of aromatic amines is 1. The lowest BCUT2D eigenvalue weighted by molar-refractivity contribution is -0.109. The fourth-order valence-corrected chi connectivity index (χ4v) is 4.44. The van der Waals surface area contributed by atoms with Crippen molar-refractivity contribution in [2.24, 2.45) is 17.8 Å². The first kappa shape index (κ1) is 24.6. The van der Waals surface area contributed by atoms with E-state index in [9.17, 15) is 0 Å². The van der Waals surface area contributed by atoms with E-state index in [0.29, 0.717) is 34.1 Å². The number of methoxy groups -OCH3 is 1. The molecule has 176 valence electrons. The Labute approximate surface area is 199 Å². The molecule has 2 aromatic heterocycles. The third kappa shape index (κ3) is 5.85. The summed E-state index contributed by atoms with van der Waals surface area (Å²) in [7, 11) is 3.19. The summed E-state index contributed by atoms with van der Waals surface area (Å²) >= 11 is 5.99. The van der Waals surface area contributed by atoms with Crippen LogP contribution in [0.15, 0.2) is 37.1 Å². The van der Waals surface area contributed by atoms with Gasteiger partial charge in [0, 0.05) is 7.05 Å². The highest BCUT2D eigenvalue weighted by atomic mass is 35.5. The molecule has 7 nitrogen and oxygen atoms in total. The van der Waals surface area contributed by atoms with Crippen molar-refractivity contribution < 1.29 is 9.53 Å². The van der Waals surface area contributed by atoms with Crippen LogP contribution >= 0.6 is 11.6 Å². The molecular formula is C25H32ClN5O2. The summed E-state index contributed by atoms with van der Waals surface area (Å²) in [6.45, 7) is 6.15. The quantitative estimate of drug-likeness (QED) is 0.359. The minimum absolute atomic E-state index is 0.399. The summed E-state index contributed by atoms with van der Waals surface area (Å²) in [4.78, 5) is 20.9. The number of rotatable bonds is 5. The number of carbonyl (C=O) groups excluding carboxylic acids is 1. The highest BCUT2D eigenvalue weighted by Crippen LogP contribution is 2.54. The summed E-state index contributed by atoms with van der Waals surface area (Å²) in [5, 5.41) is 2.65. The van der Waals surface area contributed by atoms with Gasteiger partial charge in [-0.1, -0.05) is 37.1 Å². The Morgan fingerprint density at radius 2 is 2.15 bits per heavy atom. The number of nitrogen functional groups attached to an aromatic ring is 1. The number of H-pyrrole nitrogens is 1. The number of aromatic nitrogens is 3. The predicted molar refractivity (Wildman–Crippen MR) is 134 cm³/mol. The van der Waals surface area contributed by atoms with Crippen molar-refractivity contribution in [1.82, 2.24) is 20.3 Å². The molecule has 0 saturated heterocycles. The molecule has 0 aliphatic heterocycles. The van der Waals surface area contributed by atoms with E-state index in [-0.39, 0.29) is 0 Å². The number of nitrogens with two attached hydrogens (primary N) is 1. The SMILES string of the molecule is C=CCc1ccc(-c2nc3ncc(Cl)c(N)c3[nH]2)c(OC)c1.CNC=O.C[C@H]1CC[C@@H]2CC21. The molecule has 2 aliphatic carbocycles. The summed E-state index contributed by atoms with van der Waals surface area (Å²) in [5.41, 5.74) is 9.50. The number of carbonyl (C=O) groups is 1. The van der Waals surface area contributed by atoms with Gasteiger partial charge in [0.2, 0.25) is 6.41 Å². The van der Waals surface area contributed by atoms with Crippen LogP contribution < -0.4 is 15.8 Å². The third-order valence-electron chi connectivity index (χ3n) is 6.23. The van der Waals surface area contributed by atoms with Crippen LogP contribution in [0.2, 0.25) is 5.02 Å². The minimum atomic E-state index is 0.399. The first-order chi connectivity index (χ1) is 15.9. The molecule has 0 radical (unpaired) electrons. The van der Waals surface area contributed by atoms with Crippen LogP contribution in [-0.2, 0) is 11.2 Å². The van der Waals surface area contributed by atoms with Crippen LogP contribution in [-0.4, -0.2) is 35.5 Å². The Balaban J connectivity index is 0.000000227. The predicted octanol–water partition coefficient (Wildman–Crippen LogP) is 5.01. The summed E-state index contributed by atoms with van der Waals surface area (Å²) in [6.07, 6.45) is 9.39. The van der Waals surface area contributed by atoms with Crippen molar-refractivity contribution in [3.8, 4) is 17.1 Å². The van der Waals surface area contributed by atoms with Crippen LogP contribution in [0, 0.1) is 17.8 Å². The van der Waals surface area contributed by atoms with E-state index in [4.69, 9.17) is 26.9 Å². The third-order valence-corrected chi connectivity index (χ3v) is 6.53. The van der Waals surface area contributed by atoms with Crippen LogP contribution in [0.4, 0.5) is 5.69 Å². The monoisotopic (exact) mass is 469 g/mol. The van der Waals surface area contributed by atoms with Gasteiger partial charge in [0.1, 0.15) is 17.1 Å². The summed E-state index contributed by atoms with van der Waals surface area (Å²) < 4.78 is 5.46. The van der Waals surface area contributed by atoms with E-state index < -0.39 is 0 Å². The number of imidazole rings is 1. The van der Waals surface area contributed by atoms with Gasteiger partial charge in [0.25, 0.3) is 0 Å². The topological polar surface area (TPSA) is 106 Å². The second kappa shape index (κ2) is 11.2. The number of hydrogen-bond acceptors (Lipinski definition) is 5. The molecular weight excluding hydrogens is 438 g/mol. The van der Waals surface area contributed by atoms with Crippen molar-refractivity contribution in [3.05, 3.63) is 47.6 Å². The molecule has 3 atom stereocenters. The van der Waals surface area contributed by atoms with Crippen molar-refractivity contribution >= 4 is 34.9 Å². The molecule has 2 fully saturated rings. The second-order valence-corrected chi connectivity index (χ2v) is 8.86. The molecule has 1 amide bonds. The number of nitrogens with one attached hydrogen (secondary N) is 2. The molecule has 33 heavy (non-hydrogen) atoms. The number of nitrogens with zero attached hydrogens (tertiary/aromatic N) is 2. The number of fused-ring (bicyclic) bond motifs is 2. The lowest BCUT2D eigenvalue weighted by Gasteiger charge is -2.08. The lowest BCUT2D eigenvalue weighted by Crippen LogP contribution is -1.98. The normalized spacial score (nSPS) is 19.9. The molecule has 2 saturated carbocycles. The summed E-state index contributed by atoms with van der Waals surface area (Å²) in [6, 6.07) is 5.93. The van der Waals surface area contributed by atoms with Crippen LogP contribution in [0.3, 0.4) is 0 Å². The van der Waals surface area contributed by atoms with E-state index in [2.05, 4.69) is 33.8 Å². The number of hydrogen-bond donors (Lipinski definition) is 3. The molecule has 0 bridgehead atoms. The van der Waals surface area contributed by atoms with Crippen molar-refractivity contribution in [3.63, 3.8) is 0 Å². The number of anilines is 1. The highest BCUT2D eigenvalue weighted by Gasteiger charge is 2.45. The average Bonchev–Trinajstić information content (AvgIpc) is 3.35. The van der Waals surface area contributed by atoms with Crippen molar-refractivity contribution in [1.29, 1.82) is 0 Å². The standard InChI is InChI=1S/C16H15ClN4O.C7H12.C2H5NO/c1-3-4-9-5-6-10(12(7-9)22-2)15-20-14-13(18)11(17)8-19-16(14)21-15;1-5-2-3-6-4-7(5)6;1-3-2-4/h3,5-8H,1,4H2,2H3,(H3,18,19,20,21);5-7H,2-4H2,1H3;2H,1H3,(H,3,4)/t;5-,6+,7?;/m.0./s1. The zero-order chi connectivity index (χ0) is 24.0. The zero-order valence-corrected chi connectivity index (χ0v) is 20.2. The van der Waals surface area contributed by atoms with E-state index >= 15 is 0 Å². The Hall–Kier alpha value is -3.06. The van der Waals surface area contributed by atoms with E-state index in [1.807, 2.05) is 24.3 Å². The molecule has 2 heterocycles. The fraction of sp³-hybridized carbons (Fsp3) is 0.400. The molecule has 8 heteroatoms. The molecule has 5 rings (SSSR count). The number of amides is 1. The smallest absolute Gasteiger partial charge is 0.206 e. The fourth-order valence-electron chi connectivity index (χ4n) is 4.30. The highest BCUT2D eigenvalue weighted by molar-refractivity contribution is 6.34. The maximum absolute atomic E-state index is 9.06. The van der Waals surface area contributed by atoms with E-state index in [1.54, 1.807) is 27.0 Å². The first-order valence-corrected chi connectivity index (χ1v) is 11.5. The number of pyridine rings is 1. The van der Waals surface area contributed by atoms with E-state index in [0.717, 1.165) is 29.2 Å². The van der Waals surface area contributed by atoms with Crippen LogP contribution in [0.25, 0.3) is 22.6 Å². The zero-order valence-electron chi connectivity index (χ0n) is 19.4. The average molecular weight is 470 g/mol. The lowest BCUT2D eigenvalue weighted by atomic mass is 10.1. The van der Waals surface area contributed by atoms with Gasteiger partial charge in [-0.05, 0) is 54.7 Å². The van der Waals surface area contributed by atoms with Crippen molar-refractivity contribution in [2.75, 3.05) is 19.9 Å². The van der Waals surface area contributed by atoms with Gasteiger partial charge in [-0.15, -0.1) is 6.58 Å². The largest absolute Gasteiger partial charge is 0.496 e. The molecule has 4 N–H and O–H groups in total. The maximum Gasteiger partial charge on any atom is 0.206 e. The van der Waals surface area contributed by atoms with Gasteiger partial charge in [-0.3, -0.25) is 4.79 Å². The van der Waals surface area contributed by atoms with Crippen LogP contribution in [0.1, 0.15) is 31.7 Å². The second-order valence-electron chi connectivity index (χ2n) is 8.45. The Morgan fingerprint density at radius 1 is 1.39 bits per heavy atom. The van der Waals surface area contributed by atoms with E-state index in [1.165, 1.54) is 24.5 Å².